The average molecular weight is 314 g/mol. The Morgan fingerprint density at radius 2 is 1.81 bits per heavy atom. The zero-order valence-electron chi connectivity index (χ0n) is 12.6. The molecular weight excluding hydrogens is 292 g/mol. The topological polar surface area (TPSA) is 67.9 Å². The molecule has 1 fully saturated rings. The minimum atomic E-state index is -3.54. The second-order valence-electron chi connectivity index (χ2n) is 5.04. The lowest BCUT2D eigenvalue weighted by Crippen LogP contribution is -2.46. The Labute approximate surface area is 126 Å². The summed E-state index contributed by atoms with van der Waals surface area (Å²) in [6.45, 7) is 1.03. The fourth-order valence-corrected chi connectivity index (χ4v) is 4.05. The predicted octanol–water partition coefficient (Wildman–Crippen LogP) is 1.08. The largest absolute Gasteiger partial charge is 0.497 e. The highest BCUT2D eigenvalue weighted by Gasteiger charge is 2.30. The van der Waals surface area contributed by atoms with Gasteiger partial charge in [-0.15, -0.1) is 0 Å². The molecule has 0 aliphatic carbocycles. The van der Waals surface area contributed by atoms with Crippen LogP contribution < -0.4 is 14.8 Å². The van der Waals surface area contributed by atoms with E-state index in [1.807, 2.05) is 7.05 Å². The van der Waals surface area contributed by atoms with E-state index < -0.39 is 10.0 Å². The maximum atomic E-state index is 12.8. The van der Waals surface area contributed by atoms with Crippen molar-refractivity contribution in [2.45, 2.75) is 23.8 Å². The van der Waals surface area contributed by atoms with Gasteiger partial charge in [-0.05, 0) is 19.9 Å². The van der Waals surface area contributed by atoms with E-state index in [9.17, 15) is 8.42 Å². The number of hydrogen-bond donors (Lipinski definition) is 1. The van der Waals surface area contributed by atoms with Crippen molar-refractivity contribution in [2.75, 3.05) is 34.4 Å². The summed E-state index contributed by atoms with van der Waals surface area (Å²) >= 11 is 0. The van der Waals surface area contributed by atoms with Gasteiger partial charge in [0.05, 0.1) is 19.1 Å². The lowest BCUT2D eigenvalue weighted by atomic mass is 10.1. The van der Waals surface area contributed by atoms with Crippen LogP contribution in [0.3, 0.4) is 0 Å². The molecule has 0 bridgehead atoms. The fraction of sp³-hybridized carbons (Fsp3) is 0.571. The highest BCUT2D eigenvalue weighted by Crippen LogP contribution is 2.28. The summed E-state index contributed by atoms with van der Waals surface area (Å²) in [6, 6.07) is 4.91. The highest BCUT2D eigenvalue weighted by molar-refractivity contribution is 7.89. The van der Waals surface area contributed by atoms with Crippen molar-refractivity contribution in [3.05, 3.63) is 18.2 Å². The molecule has 7 heteroatoms. The Balaban J connectivity index is 2.34. The first-order chi connectivity index (χ1) is 10.0. The molecule has 1 N–H and O–H groups in total. The number of ether oxygens (including phenoxy) is 2. The van der Waals surface area contributed by atoms with Crippen LogP contribution in [0.1, 0.15) is 12.8 Å². The van der Waals surface area contributed by atoms with Crippen LogP contribution in [0.4, 0.5) is 0 Å². The highest BCUT2D eigenvalue weighted by atomic mass is 32.2. The Morgan fingerprint density at radius 3 is 2.33 bits per heavy atom. The first kappa shape index (κ1) is 16.1. The van der Waals surface area contributed by atoms with Crippen molar-refractivity contribution < 1.29 is 17.9 Å². The van der Waals surface area contributed by atoms with Crippen molar-refractivity contribution >= 4 is 10.0 Å². The normalized spacial score (nSPS) is 20.2. The molecule has 0 saturated carbocycles. The molecule has 2 rings (SSSR count). The molecule has 0 aromatic heterocycles. The molecule has 1 unspecified atom stereocenters. The van der Waals surface area contributed by atoms with E-state index in [0.717, 1.165) is 12.8 Å². The van der Waals surface area contributed by atoms with Gasteiger partial charge in [-0.1, -0.05) is 0 Å². The van der Waals surface area contributed by atoms with Crippen LogP contribution in [0.2, 0.25) is 0 Å². The SMILES string of the molecule is CNC1CCCN(S(=O)(=O)c2cc(OC)cc(OC)c2)C1. The van der Waals surface area contributed by atoms with Gasteiger partial charge in [0.1, 0.15) is 11.5 Å². The zero-order chi connectivity index (χ0) is 15.5. The van der Waals surface area contributed by atoms with Gasteiger partial charge in [0, 0.05) is 37.3 Å². The van der Waals surface area contributed by atoms with Crippen LogP contribution in [-0.2, 0) is 10.0 Å². The van der Waals surface area contributed by atoms with Crippen molar-refractivity contribution in [2.24, 2.45) is 0 Å². The van der Waals surface area contributed by atoms with Crippen LogP contribution in [0.15, 0.2) is 23.1 Å². The molecule has 1 atom stereocenters. The average Bonchev–Trinajstić information content (AvgIpc) is 2.54. The van der Waals surface area contributed by atoms with E-state index in [0.29, 0.717) is 24.6 Å². The Bertz CT molecular complexity index is 566. The lowest BCUT2D eigenvalue weighted by Gasteiger charge is -2.31. The molecule has 21 heavy (non-hydrogen) atoms. The molecule has 0 amide bonds. The number of likely N-dealkylation sites (N-methyl/N-ethyl adjacent to an activating group) is 1. The number of piperidine rings is 1. The van der Waals surface area contributed by atoms with Gasteiger partial charge in [0.15, 0.2) is 0 Å². The Morgan fingerprint density at radius 1 is 1.19 bits per heavy atom. The Hall–Kier alpha value is -1.31. The number of benzene rings is 1. The third-order valence-corrected chi connectivity index (χ3v) is 5.60. The maximum absolute atomic E-state index is 12.8. The second-order valence-corrected chi connectivity index (χ2v) is 6.98. The summed E-state index contributed by atoms with van der Waals surface area (Å²) in [4.78, 5) is 0.204. The van der Waals surface area contributed by atoms with E-state index in [2.05, 4.69) is 5.32 Å². The summed E-state index contributed by atoms with van der Waals surface area (Å²) < 4.78 is 37.4. The van der Waals surface area contributed by atoms with Gasteiger partial charge in [-0.2, -0.15) is 4.31 Å². The van der Waals surface area contributed by atoms with E-state index in [1.54, 1.807) is 6.07 Å². The lowest BCUT2D eigenvalue weighted by molar-refractivity contribution is 0.292. The van der Waals surface area contributed by atoms with Gasteiger partial charge in [0.25, 0.3) is 0 Å². The molecule has 1 aromatic carbocycles. The van der Waals surface area contributed by atoms with E-state index in [4.69, 9.17) is 9.47 Å². The van der Waals surface area contributed by atoms with Gasteiger partial charge in [-0.3, -0.25) is 0 Å². The van der Waals surface area contributed by atoms with E-state index >= 15 is 0 Å². The molecule has 118 valence electrons. The van der Waals surface area contributed by atoms with Crippen LogP contribution >= 0.6 is 0 Å². The molecule has 1 aliphatic heterocycles. The van der Waals surface area contributed by atoms with Crippen LogP contribution in [0, 0.1) is 0 Å². The molecule has 1 saturated heterocycles. The van der Waals surface area contributed by atoms with Crippen LogP contribution in [-0.4, -0.2) is 53.1 Å². The van der Waals surface area contributed by atoms with Crippen molar-refractivity contribution in [3.8, 4) is 11.5 Å². The molecule has 0 radical (unpaired) electrons. The van der Waals surface area contributed by atoms with Crippen LogP contribution in [0.5, 0.6) is 11.5 Å². The van der Waals surface area contributed by atoms with Crippen molar-refractivity contribution in [3.63, 3.8) is 0 Å². The summed E-state index contributed by atoms with van der Waals surface area (Å²) in [5, 5.41) is 3.15. The van der Waals surface area contributed by atoms with Crippen LogP contribution in [0.25, 0.3) is 0 Å². The maximum Gasteiger partial charge on any atom is 0.243 e. The van der Waals surface area contributed by atoms with Crippen molar-refractivity contribution in [1.29, 1.82) is 0 Å². The van der Waals surface area contributed by atoms with Crippen molar-refractivity contribution in [1.82, 2.24) is 9.62 Å². The predicted molar refractivity (Wildman–Crippen MR) is 80.4 cm³/mol. The van der Waals surface area contributed by atoms with Gasteiger partial charge in [0.2, 0.25) is 10.0 Å². The zero-order valence-corrected chi connectivity index (χ0v) is 13.4. The smallest absolute Gasteiger partial charge is 0.243 e. The minimum absolute atomic E-state index is 0.195. The quantitative estimate of drug-likeness (QED) is 0.881. The number of sulfonamides is 1. The molecule has 6 nitrogen and oxygen atoms in total. The molecule has 1 heterocycles. The first-order valence-corrected chi connectivity index (χ1v) is 8.35. The number of nitrogens with one attached hydrogen (secondary N) is 1. The summed E-state index contributed by atoms with van der Waals surface area (Å²) in [7, 11) is 1.33. The fourth-order valence-electron chi connectivity index (χ4n) is 2.48. The summed E-state index contributed by atoms with van der Waals surface area (Å²) in [5.74, 6) is 0.935. The third kappa shape index (κ3) is 3.48. The number of rotatable bonds is 5. The standard InChI is InChI=1S/C14H22N2O4S/c1-15-11-5-4-6-16(10-11)21(17,18)14-8-12(19-2)7-13(9-14)20-3/h7-9,11,15H,4-6,10H2,1-3H3. The van der Waals surface area contributed by atoms with E-state index in [1.165, 1.54) is 30.7 Å². The number of methoxy groups -OCH3 is 2. The summed E-state index contributed by atoms with van der Waals surface area (Å²) in [5.41, 5.74) is 0. The first-order valence-electron chi connectivity index (χ1n) is 6.91. The van der Waals surface area contributed by atoms with Gasteiger partial charge < -0.3 is 14.8 Å². The minimum Gasteiger partial charge on any atom is -0.497 e. The van der Waals surface area contributed by atoms with E-state index in [-0.39, 0.29) is 10.9 Å². The second kappa shape index (κ2) is 6.64. The monoisotopic (exact) mass is 314 g/mol. The Kier molecular flexibility index (Phi) is 5.08. The number of hydrogen-bond acceptors (Lipinski definition) is 5. The third-order valence-electron chi connectivity index (χ3n) is 3.76. The van der Waals surface area contributed by atoms with Gasteiger partial charge in [-0.25, -0.2) is 8.42 Å². The van der Waals surface area contributed by atoms with Gasteiger partial charge >= 0.3 is 0 Å². The molecule has 1 aliphatic rings. The number of nitrogens with zero attached hydrogens (tertiary/aromatic N) is 1. The molecule has 1 aromatic rings. The summed E-state index contributed by atoms with van der Waals surface area (Å²) in [6.07, 6.45) is 1.84. The molecule has 0 spiro atoms. The molecular formula is C14H22N2O4S.